The molecule has 5 nitrogen and oxygen atoms in total. The van der Waals surface area contributed by atoms with Gasteiger partial charge >= 0.3 is 6.03 Å². The maximum absolute atomic E-state index is 12.6. The first-order valence-electron chi connectivity index (χ1n) is 10.3. The third-order valence-corrected chi connectivity index (χ3v) is 7.50. The number of carbonyl (C=O) groups excluding carboxylic acids is 2. The summed E-state index contributed by atoms with van der Waals surface area (Å²) in [6.45, 7) is 8.08. The molecule has 4 aliphatic rings. The van der Waals surface area contributed by atoms with Crippen LogP contribution in [0.25, 0.3) is 0 Å². The largest absolute Gasteiger partial charge is 0.342 e. The van der Waals surface area contributed by atoms with Gasteiger partial charge in [0.25, 0.3) is 0 Å². The summed E-state index contributed by atoms with van der Waals surface area (Å²) >= 11 is 0. The van der Waals surface area contributed by atoms with E-state index in [9.17, 15) is 9.59 Å². The van der Waals surface area contributed by atoms with Crippen molar-refractivity contribution in [3.05, 3.63) is 0 Å². The molecule has 2 atom stereocenters. The van der Waals surface area contributed by atoms with Crippen molar-refractivity contribution in [3.8, 4) is 0 Å². The zero-order valence-corrected chi connectivity index (χ0v) is 15.8. The van der Waals surface area contributed by atoms with Crippen LogP contribution in [0.3, 0.4) is 0 Å². The van der Waals surface area contributed by atoms with E-state index >= 15 is 0 Å². The van der Waals surface area contributed by atoms with Gasteiger partial charge in [-0.2, -0.15) is 0 Å². The van der Waals surface area contributed by atoms with Crippen molar-refractivity contribution in [2.24, 2.45) is 23.2 Å². The monoisotopic (exact) mass is 347 g/mol. The van der Waals surface area contributed by atoms with Gasteiger partial charge in [0.15, 0.2) is 0 Å². The minimum absolute atomic E-state index is 0.111. The van der Waals surface area contributed by atoms with E-state index < -0.39 is 0 Å². The number of fused-ring (bicyclic) bond motifs is 1. The Morgan fingerprint density at radius 3 is 2.08 bits per heavy atom. The molecule has 4 fully saturated rings. The van der Waals surface area contributed by atoms with Crippen LogP contribution in [0.1, 0.15) is 58.8 Å². The van der Waals surface area contributed by atoms with E-state index in [0.717, 1.165) is 51.9 Å². The quantitative estimate of drug-likeness (QED) is 0.835. The van der Waals surface area contributed by atoms with Gasteiger partial charge in [-0.15, -0.1) is 0 Å². The molecule has 5 heteroatoms. The third kappa shape index (κ3) is 3.26. The number of carbonyl (C=O) groups is 2. The molecule has 3 amide bonds. The Balaban J connectivity index is 1.20. The van der Waals surface area contributed by atoms with Gasteiger partial charge in [0.2, 0.25) is 5.91 Å². The lowest BCUT2D eigenvalue weighted by molar-refractivity contribution is -0.137. The molecule has 25 heavy (non-hydrogen) atoms. The van der Waals surface area contributed by atoms with Crippen molar-refractivity contribution in [2.45, 2.75) is 64.8 Å². The van der Waals surface area contributed by atoms with Gasteiger partial charge in [-0.3, -0.25) is 4.79 Å². The fourth-order valence-electron chi connectivity index (χ4n) is 5.42. The smallest absolute Gasteiger partial charge is 0.317 e. The topological polar surface area (TPSA) is 52.7 Å². The molecular weight excluding hydrogens is 314 g/mol. The van der Waals surface area contributed by atoms with Crippen LogP contribution >= 0.6 is 0 Å². The highest BCUT2D eigenvalue weighted by molar-refractivity contribution is 5.79. The molecular formula is C20H33N3O2. The normalized spacial score (nSPS) is 32.4. The fraction of sp³-hybridized carbons (Fsp3) is 0.900. The molecule has 2 aliphatic carbocycles. The van der Waals surface area contributed by atoms with E-state index in [2.05, 4.69) is 19.2 Å². The lowest BCUT2D eigenvalue weighted by Crippen LogP contribution is -2.51. The number of urea groups is 1. The van der Waals surface area contributed by atoms with E-state index in [-0.39, 0.29) is 18.0 Å². The van der Waals surface area contributed by atoms with Gasteiger partial charge in [0.1, 0.15) is 0 Å². The number of nitrogens with one attached hydrogen (secondary N) is 1. The number of piperidine rings is 2. The Bertz CT molecular complexity index is 519. The van der Waals surface area contributed by atoms with Crippen molar-refractivity contribution < 1.29 is 9.59 Å². The first-order chi connectivity index (χ1) is 12.0. The molecule has 2 heterocycles. The summed E-state index contributed by atoms with van der Waals surface area (Å²) in [6.07, 6.45) is 7.64. The maximum Gasteiger partial charge on any atom is 0.317 e. The molecule has 0 radical (unpaired) electrons. The number of likely N-dealkylation sites (tertiary alicyclic amines) is 2. The number of amides is 3. The van der Waals surface area contributed by atoms with Crippen LogP contribution in [0.2, 0.25) is 0 Å². The van der Waals surface area contributed by atoms with Gasteiger partial charge < -0.3 is 15.1 Å². The molecule has 0 bridgehead atoms. The van der Waals surface area contributed by atoms with E-state index in [1.807, 2.05) is 9.80 Å². The summed E-state index contributed by atoms with van der Waals surface area (Å²) < 4.78 is 0. The SMILES string of the molecule is CC1(C)[C@H]2CN(C(=O)NC3CCN(C(=O)C4CCCCC4)CC3)C[C@@H]21. The summed E-state index contributed by atoms with van der Waals surface area (Å²) in [5, 5.41) is 3.22. The van der Waals surface area contributed by atoms with Crippen molar-refractivity contribution >= 4 is 11.9 Å². The summed E-state index contributed by atoms with van der Waals surface area (Å²) in [4.78, 5) is 29.2. The summed E-state index contributed by atoms with van der Waals surface area (Å²) in [7, 11) is 0. The lowest BCUT2D eigenvalue weighted by atomic mass is 9.87. The van der Waals surface area contributed by atoms with Gasteiger partial charge in [-0.25, -0.2) is 4.79 Å². The molecule has 0 spiro atoms. The maximum atomic E-state index is 12.6. The van der Waals surface area contributed by atoms with E-state index in [1.165, 1.54) is 19.3 Å². The van der Waals surface area contributed by atoms with Crippen molar-refractivity contribution in [1.29, 1.82) is 0 Å². The van der Waals surface area contributed by atoms with Gasteiger partial charge in [0, 0.05) is 38.1 Å². The minimum atomic E-state index is 0.111. The van der Waals surface area contributed by atoms with Crippen LogP contribution in [0, 0.1) is 23.2 Å². The lowest BCUT2D eigenvalue weighted by Gasteiger charge is -2.36. The van der Waals surface area contributed by atoms with Crippen LogP contribution in [0.5, 0.6) is 0 Å². The van der Waals surface area contributed by atoms with Gasteiger partial charge in [0.05, 0.1) is 0 Å². The van der Waals surface area contributed by atoms with Crippen molar-refractivity contribution in [3.63, 3.8) is 0 Å². The summed E-state index contributed by atoms with van der Waals surface area (Å²) in [5.74, 6) is 2.03. The Labute approximate surface area is 151 Å². The second-order valence-corrected chi connectivity index (χ2v) is 9.32. The zero-order chi connectivity index (χ0) is 17.6. The highest BCUT2D eigenvalue weighted by atomic mass is 16.2. The molecule has 4 rings (SSSR count). The second kappa shape index (κ2) is 6.48. The molecule has 0 unspecified atom stereocenters. The van der Waals surface area contributed by atoms with Gasteiger partial charge in [-0.05, 0) is 42.9 Å². The molecule has 140 valence electrons. The third-order valence-electron chi connectivity index (χ3n) is 7.50. The standard InChI is InChI=1S/C20H33N3O2/c1-20(2)16-12-23(13-17(16)20)19(25)21-15-8-10-22(11-9-15)18(24)14-6-4-3-5-7-14/h14-17H,3-13H2,1-2H3,(H,21,25)/t16-,17-/m0/s1. The predicted octanol–water partition coefficient (Wildman–Crippen LogP) is 2.86. The number of nitrogens with zero attached hydrogens (tertiary/aromatic N) is 2. The minimum Gasteiger partial charge on any atom is -0.342 e. The molecule has 1 N–H and O–H groups in total. The van der Waals surface area contributed by atoms with Crippen LogP contribution in [-0.2, 0) is 4.79 Å². The second-order valence-electron chi connectivity index (χ2n) is 9.32. The van der Waals surface area contributed by atoms with Crippen LogP contribution in [-0.4, -0.2) is 54.0 Å². The molecule has 0 aromatic heterocycles. The number of hydrogen-bond donors (Lipinski definition) is 1. The molecule has 2 saturated heterocycles. The van der Waals surface area contributed by atoms with Gasteiger partial charge in [-0.1, -0.05) is 33.1 Å². The van der Waals surface area contributed by atoms with Crippen LogP contribution < -0.4 is 5.32 Å². The van der Waals surface area contributed by atoms with Crippen molar-refractivity contribution in [2.75, 3.05) is 26.2 Å². The average molecular weight is 348 g/mol. The van der Waals surface area contributed by atoms with E-state index in [4.69, 9.17) is 0 Å². The van der Waals surface area contributed by atoms with Crippen LogP contribution in [0.4, 0.5) is 4.79 Å². The first-order valence-corrected chi connectivity index (χ1v) is 10.3. The molecule has 2 saturated carbocycles. The van der Waals surface area contributed by atoms with Crippen molar-refractivity contribution in [1.82, 2.24) is 15.1 Å². The number of rotatable bonds is 2. The van der Waals surface area contributed by atoms with E-state index in [0.29, 0.717) is 23.2 Å². The zero-order valence-electron chi connectivity index (χ0n) is 15.8. The van der Waals surface area contributed by atoms with E-state index in [1.54, 1.807) is 0 Å². The predicted molar refractivity (Wildman–Crippen MR) is 97.0 cm³/mol. The van der Waals surface area contributed by atoms with Crippen LogP contribution in [0.15, 0.2) is 0 Å². The summed E-state index contributed by atoms with van der Waals surface area (Å²) in [6, 6.07) is 0.341. The Kier molecular flexibility index (Phi) is 4.45. The Hall–Kier alpha value is -1.26. The fourth-order valence-corrected chi connectivity index (χ4v) is 5.42. The molecule has 0 aromatic carbocycles. The summed E-state index contributed by atoms with van der Waals surface area (Å²) in [5.41, 5.74) is 0.446. The molecule has 0 aromatic rings. The Morgan fingerprint density at radius 1 is 0.880 bits per heavy atom. The average Bonchev–Trinajstić information content (AvgIpc) is 2.99. The highest BCUT2D eigenvalue weighted by Gasteiger charge is 2.62. The highest BCUT2D eigenvalue weighted by Crippen LogP contribution is 2.61. The molecule has 2 aliphatic heterocycles. The first kappa shape index (κ1) is 17.2. The number of hydrogen-bond acceptors (Lipinski definition) is 2. The Morgan fingerprint density at radius 2 is 1.48 bits per heavy atom.